The Morgan fingerprint density at radius 2 is 1.89 bits per heavy atom. The summed E-state index contributed by atoms with van der Waals surface area (Å²) < 4.78 is 0. The van der Waals surface area contributed by atoms with Crippen LogP contribution in [0.1, 0.15) is 39.0 Å². The van der Waals surface area contributed by atoms with Crippen LogP contribution >= 0.6 is 0 Å². The lowest BCUT2D eigenvalue weighted by atomic mass is 9.73. The van der Waals surface area contributed by atoms with Crippen molar-refractivity contribution in [1.29, 1.82) is 0 Å². The Balaban J connectivity index is 1.44. The molecule has 2 saturated heterocycles. The summed E-state index contributed by atoms with van der Waals surface area (Å²) in [6.07, 6.45) is 5.55. The maximum atomic E-state index is 11.7. The van der Waals surface area contributed by atoms with Gasteiger partial charge in [-0.15, -0.1) is 0 Å². The SMILES string of the molecule is CCCCCCNC(=O)CCN1CC2(CN(C)C2)C1. The third-order valence-electron chi connectivity index (χ3n) is 4.34. The number of carbonyl (C=O) groups excluding carboxylic acids is 1. The highest BCUT2D eigenvalue weighted by Crippen LogP contribution is 2.38. The molecule has 1 spiro atoms. The Kier molecular flexibility index (Phi) is 5.22. The van der Waals surface area contributed by atoms with Crippen molar-refractivity contribution < 1.29 is 4.79 Å². The number of carbonyl (C=O) groups is 1. The molecule has 0 aromatic heterocycles. The molecular formula is C15H29N3O. The van der Waals surface area contributed by atoms with Gasteiger partial charge in [0.05, 0.1) is 0 Å². The molecule has 0 atom stereocenters. The molecule has 19 heavy (non-hydrogen) atoms. The van der Waals surface area contributed by atoms with Crippen molar-refractivity contribution in [2.75, 3.05) is 46.3 Å². The van der Waals surface area contributed by atoms with Gasteiger partial charge < -0.3 is 15.1 Å². The first kappa shape index (κ1) is 14.8. The normalized spacial score (nSPS) is 22.0. The largest absolute Gasteiger partial charge is 0.356 e. The second-order valence-electron chi connectivity index (χ2n) is 6.54. The molecule has 0 aliphatic carbocycles. The zero-order valence-electron chi connectivity index (χ0n) is 12.6. The fraction of sp³-hybridized carbons (Fsp3) is 0.933. The molecule has 2 rings (SSSR count). The van der Waals surface area contributed by atoms with Crippen LogP contribution in [0.25, 0.3) is 0 Å². The molecule has 4 nitrogen and oxygen atoms in total. The number of amides is 1. The Morgan fingerprint density at radius 1 is 1.16 bits per heavy atom. The van der Waals surface area contributed by atoms with E-state index in [0.717, 1.165) is 19.5 Å². The molecule has 110 valence electrons. The molecule has 0 saturated carbocycles. The molecular weight excluding hydrogens is 238 g/mol. The van der Waals surface area contributed by atoms with Gasteiger partial charge in [0.1, 0.15) is 0 Å². The average Bonchev–Trinajstić information content (AvgIpc) is 2.30. The van der Waals surface area contributed by atoms with E-state index in [-0.39, 0.29) is 5.91 Å². The number of hydrogen-bond acceptors (Lipinski definition) is 3. The molecule has 0 bridgehead atoms. The summed E-state index contributed by atoms with van der Waals surface area (Å²) in [5.74, 6) is 0.225. The molecule has 2 fully saturated rings. The molecule has 4 heteroatoms. The number of nitrogens with one attached hydrogen (secondary N) is 1. The highest BCUT2D eigenvalue weighted by atomic mass is 16.1. The van der Waals surface area contributed by atoms with E-state index in [9.17, 15) is 4.79 Å². The van der Waals surface area contributed by atoms with Crippen LogP contribution in [-0.2, 0) is 4.79 Å². The highest BCUT2D eigenvalue weighted by molar-refractivity contribution is 5.76. The van der Waals surface area contributed by atoms with Crippen LogP contribution in [-0.4, -0.2) is 62.0 Å². The van der Waals surface area contributed by atoms with Crippen molar-refractivity contribution >= 4 is 5.91 Å². The van der Waals surface area contributed by atoms with E-state index in [1.165, 1.54) is 45.4 Å². The molecule has 2 heterocycles. The third-order valence-corrected chi connectivity index (χ3v) is 4.34. The van der Waals surface area contributed by atoms with Crippen LogP contribution in [0, 0.1) is 5.41 Å². The van der Waals surface area contributed by atoms with Crippen molar-refractivity contribution in [2.45, 2.75) is 39.0 Å². The summed E-state index contributed by atoms with van der Waals surface area (Å²) in [6, 6.07) is 0. The second kappa shape index (κ2) is 6.71. The second-order valence-corrected chi connectivity index (χ2v) is 6.54. The molecule has 0 aromatic rings. The van der Waals surface area contributed by atoms with Crippen LogP contribution in [0.5, 0.6) is 0 Å². The van der Waals surface area contributed by atoms with Crippen molar-refractivity contribution in [3.8, 4) is 0 Å². The highest BCUT2D eigenvalue weighted by Gasteiger charge is 2.49. The quantitative estimate of drug-likeness (QED) is 0.674. The van der Waals surface area contributed by atoms with Gasteiger partial charge in [-0.25, -0.2) is 0 Å². The number of rotatable bonds is 8. The van der Waals surface area contributed by atoms with Gasteiger partial charge in [-0.05, 0) is 13.5 Å². The Morgan fingerprint density at radius 3 is 2.53 bits per heavy atom. The molecule has 1 N–H and O–H groups in total. The number of likely N-dealkylation sites (tertiary alicyclic amines) is 2. The van der Waals surface area contributed by atoms with Gasteiger partial charge in [0.2, 0.25) is 5.91 Å². The van der Waals surface area contributed by atoms with Crippen LogP contribution in [0.3, 0.4) is 0 Å². The van der Waals surface area contributed by atoms with Gasteiger partial charge in [0, 0.05) is 51.1 Å². The van der Waals surface area contributed by atoms with E-state index in [4.69, 9.17) is 0 Å². The van der Waals surface area contributed by atoms with E-state index < -0.39 is 0 Å². The zero-order valence-corrected chi connectivity index (χ0v) is 12.6. The Bertz CT molecular complexity index is 292. The van der Waals surface area contributed by atoms with Gasteiger partial charge >= 0.3 is 0 Å². The first-order valence-corrected chi connectivity index (χ1v) is 7.81. The Labute approximate surface area is 117 Å². The summed E-state index contributed by atoms with van der Waals surface area (Å²) >= 11 is 0. The van der Waals surface area contributed by atoms with E-state index in [1.807, 2.05) is 0 Å². The topological polar surface area (TPSA) is 35.6 Å². The van der Waals surface area contributed by atoms with Gasteiger partial charge in [-0.2, -0.15) is 0 Å². The minimum absolute atomic E-state index is 0.225. The molecule has 1 amide bonds. The van der Waals surface area contributed by atoms with Crippen molar-refractivity contribution in [2.24, 2.45) is 5.41 Å². The van der Waals surface area contributed by atoms with E-state index in [2.05, 4.69) is 29.1 Å². The molecule has 0 unspecified atom stereocenters. The number of hydrogen-bond donors (Lipinski definition) is 1. The van der Waals surface area contributed by atoms with Crippen molar-refractivity contribution in [1.82, 2.24) is 15.1 Å². The van der Waals surface area contributed by atoms with Crippen LogP contribution in [0.15, 0.2) is 0 Å². The Hall–Kier alpha value is -0.610. The zero-order chi connectivity index (χ0) is 13.7. The maximum Gasteiger partial charge on any atom is 0.221 e. The fourth-order valence-corrected chi connectivity index (χ4v) is 3.49. The van der Waals surface area contributed by atoms with Crippen LogP contribution < -0.4 is 5.32 Å². The first-order valence-electron chi connectivity index (χ1n) is 7.81. The number of unbranched alkanes of at least 4 members (excludes halogenated alkanes) is 3. The minimum Gasteiger partial charge on any atom is -0.356 e. The average molecular weight is 267 g/mol. The molecule has 0 radical (unpaired) electrons. The van der Waals surface area contributed by atoms with Gasteiger partial charge in [-0.3, -0.25) is 4.79 Å². The summed E-state index contributed by atoms with van der Waals surface area (Å²) in [4.78, 5) is 16.5. The predicted molar refractivity (Wildman–Crippen MR) is 78.1 cm³/mol. The van der Waals surface area contributed by atoms with Gasteiger partial charge in [0.15, 0.2) is 0 Å². The van der Waals surface area contributed by atoms with Crippen LogP contribution in [0.2, 0.25) is 0 Å². The third kappa shape index (κ3) is 4.18. The maximum absolute atomic E-state index is 11.7. The predicted octanol–water partition coefficient (Wildman–Crippen LogP) is 1.32. The first-order chi connectivity index (χ1) is 9.13. The summed E-state index contributed by atoms with van der Waals surface area (Å²) in [6.45, 7) is 8.88. The van der Waals surface area contributed by atoms with Gasteiger partial charge in [-0.1, -0.05) is 26.2 Å². The lowest BCUT2D eigenvalue weighted by molar-refractivity contribution is -0.125. The smallest absolute Gasteiger partial charge is 0.221 e. The van der Waals surface area contributed by atoms with E-state index >= 15 is 0 Å². The molecule has 0 aromatic carbocycles. The lowest BCUT2D eigenvalue weighted by Crippen LogP contribution is -2.71. The van der Waals surface area contributed by atoms with Gasteiger partial charge in [0.25, 0.3) is 0 Å². The fourth-order valence-electron chi connectivity index (χ4n) is 3.49. The minimum atomic E-state index is 0.225. The number of nitrogens with zero attached hydrogens (tertiary/aromatic N) is 2. The standard InChI is InChI=1S/C15H29N3O/c1-3-4-5-6-8-16-14(19)7-9-18-12-15(13-18)10-17(2)11-15/h3-13H2,1-2H3,(H,16,19). The van der Waals surface area contributed by atoms with E-state index in [0.29, 0.717) is 11.8 Å². The summed E-state index contributed by atoms with van der Waals surface area (Å²) in [5, 5.41) is 3.03. The van der Waals surface area contributed by atoms with E-state index in [1.54, 1.807) is 0 Å². The summed E-state index contributed by atoms with van der Waals surface area (Å²) in [5.41, 5.74) is 0.589. The van der Waals surface area contributed by atoms with Crippen molar-refractivity contribution in [3.63, 3.8) is 0 Å². The molecule has 2 aliphatic rings. The monoisotopic (exact) mass is 267 g/mol. The lowest BCUT2D eigenvalue weighted by Gasteiger charge is -2.59. The van der Waals surface area contributed by atoms with Crippen LogP contribution in [0.4, 0.5) is 0 Å². The summed E-state index contributed by atoms with van der Waals surface area (Å²) in [7, 11) is 2.18. The molecule has 2 aliphatic heterocycles. The van der Waals surface area contributed by atoms with Crippen molar-refractivity contribution in [3.05, 3.63) is 0 Å².